The molecule has 8 heteroatoms. The minimum atomic E-state index is -1.44. The summed E-state index contributed by atoms with van der Waals surface area (Å²) in [5.41, 5.74) is 0.841. The summed E-state index contributed by atoms with van der Waals surface area (Å²) >= 11 is 0. The van der Waals surface area contributed by atoms with E-state index < -0.39 is 36.1 Å². The first kappa shape index (κ1) is 20.7. The highest BCUT2D eigenvalue weighted by molar-refractivity contribution is 5.87. The Balaban J connectivity index is 2.12. The van der Waals surface area contributed by atoms with Gasteiger partial charge in [0.15, 0.2) is 6.10 Å². The van der Waals surface area contributed by atoms with Crippen LogP contribution in [-0.4, -0.2) is 52.4 Å². The van der Waals surface area contributed by atoms with E-state index in [-0.39, 0.29) is 18.4 Å². The molecule has 0 aromatic heterocycles. The van der Waals surface area contributed by atoms with Gasteiger partial charge in [-0.05, 0) is 30.7 Å². The lowest BCUT2D eigenvalue weighted by Gasteiger charge is -2.27. The molecule has 2 rings (SSSR count). The number of hydrogen-bond donors (Lipinski definition) is 5. The van der Waals surface area contributed by atoms with Crippen LogP contribution in [0.15, 0.2) is 30.3 Å². The summed E-state index contributed by atoms with van der Waals surface area (Å²) in [5, 5.41) is 27.0. The van der Waals surface area contributed by atoms with E-state index in [4.69, 9.17) is 5.11 Å². The van der Waals surface area contributed by atoms with Crippen molar-refractivity contribution in [1.29, 1.82) is 0 Å². The van der Waals surface area contributed by atoms with Gasteiger partial charge >= 0.3 is 6.09 Å². The van der Waals surface area contributed by atoms with Gasteiger partial charge in [-0.3, -0.25) is 9.59 Å². The average Bonchev–Trinajstić information content (AvgIpc) is 3.42. The molecule has 2 unspecified atom stereocenters. The van der Waals surface area contributed by atoms with Gasteiger partial charge in [0, 0.05) is 6.04 Å². The number of carbonyl (C=O) groups excluding carboxylic acids is 2. The molecule has 0 heterocycles. The molecule has 1 saturated carbocycles. The summed E-state index contributed by atoms with van der Waals surface area (Å²) in [6.45, 7) is 3.42. The van der Waals surface area contributed by atoms with Crippen LogP contribution in [0.25, 0.3) is 0 Å². The van der Waals surface area contributed by atoms with Crippen LogP contribution in [0.5, 0.6) is 0 Å². The lowest BCUT2D eigenvalue weighted by Crippen LogP contribution is -2.57. The van der Waals surface area contributed by atoms with Crippen molar-refractivity contribution in [2.24, 2.45) is 5.92 Å². The van der Waals surface area contributed by atoms with Crippen molar-refractivity contribution >= 4 is 17.9 Å². The van der Waals surface area contributed by atoms with E-state index in [2.05, 4.69) is 16.0 Å². The van der Waals surface area contributed by atoms with E-state index in [1.807, 2.05) is 30.3 Å². The largest absolute Gasteiger partial charge is 0.465 e. The van der Waals surface area contributed by atoms with Crippen LogP contribution in [0.3, 0.4) is 0 Å². The number of aliphatic hydroxyl groups excluding tert-OH is 1. The molecular formula is C19H27N3O5. The number of amides is 3. The number of aliphatic hydroxyl groups is 1. The third-order valence-electron chi connectivity index (χ3n) is 4.43. The van der Waals surface area contributed by atoms with E-state index in [1.54, 1.807) is 13.8 Å². The molecule has 3 amide bonds. The minimum absolute atomic E-state index is 0.0808. The molecule has 0 radical (unpaired) electrons. The molecule has 8 nitrogen and oxygen atoms in total. The Labute approximate surface area is 158 Å². The average molecular weight is 377 g/mol. The molecule has 0 aliphatic heterocycles. The topological polar surface area (TPSA) is 128 Å². The number of hydrogen-bond acceptors (Lipinski definition) is 4. The molecule has 1 aliphatic rings. The van der Waals surface area contributed by atoms with Crippen LogP contribution >= 0.6 is 0 Å². The predicted molar refractivity (Wildman–Crippen MR) is 99.0 cm³/mol. The Morgan fingerprint density at radius 3 is 2.22 bits per heavy atom. The van der Waals surface area contributed by atoms with Crippen molar-refractivity contribution in [2.75, 3.05) is 0 Å². The Morgan fingerprint density at radius 1 is 1.07 bits per heavy atom. The number of benzene rings is 1. The molecule has 0 spiro atoms. The highest BCUT2D eigenvalue weighted by Gasteiger charge is 2.34. The molecule has 0 saturated heterocycles. The molecule has 1 aromatic carbocycles. The smallest absolute Gasteiger partial charge is 0.405 e. The molecule has 0 bridgehead atoms. The normalized spacial score (nSPS) is 16.9. The molecule has 5 N–H and O–H groups in total. The van der Waals surface area contributed by atoms with Gasteiger partial charge < -0.3 is 26.2 Å². The van der Waals surface area contributed by atoms with Crippen LogP contribution in [0.4, 0.5) is 4.79 Å². The van der Waals surface area contributed by atoms with E-state index in [1.165, 1.54) is 0 Å². The maximum atomic E-state index is 12.6. The highest BCUT2D eigenvalue weighted by Crippen LogP contribution is 2.19. The Hall–Kier alpha value is -2.61. The van der Waals surface area contributed by atoms with E-state index >= 15 is 0 Å². The van der Waals surface area contributed by atoms with E-state index in [9.17, 15) is 19.5 Å². The number of nitrogens with one attached hydrogen (secondary N) is 3. The number of carbonyl (C=O) groups is 3. The second-order valence-corrected chi connectivity index (χ2v) is 7.20. The van der Waals surface area contributed by atoms with Crippen molar-refractivity contribution in [1.82, 2.24) is 16.0 Å². The van der Waals surface area contributed by atoms with E-state index in [0.717, 1.165) is 18.4 Å². The zero-order valence-electron chi connectivity index (χ0n) is 15.5. The van der Waals surface area contributed by atoms with Gasteiger partial charge in [-0.2, -0.15) is 0 Å². The maximum Gasteiger partial charge on any atom is 0.405 e. The standard InChI is InChI=1S/C19H27N3O5/c1-11(2)15(22-19(26)27)17(24)21-14(10-12-6-4-3-5-7-12)16(23)18(25)20-13-8-9-13/h3-7,11,13-16,22-23H,8-10H2,1-2H3,(H,20,25)(H,21,24)(H,26,27)/t14?,15-,16?/m0/s1. The molecule has 1 fully saturated rings. The van der Waals surface area contributed by atoms with Crippen LogP contribution in [-0.2, 0) is 16.0 Å². The Bertz CT molecular complexity index is 661. The first-order chi connectivity index (χ1) is 12.8. The van der Waals surface area contributed by atoms with E-state index in [0.29, 0.717) is 0 Å². The van der Waals surface area contributed by atoms with Crippen LogP contribution in [0.1, 0.15) is 32.3 Å². The molecule has 148 valence electrons. The summed E-state index contributed by atoms with van der Waals surface area (Å²) in [6.07, 6.45) is -0.745. The molecular weight excluding hydrogens is 350 g/mol. The van der Waals surface area contributed by atoms with Gasteiger partial charge in [0.1, 0.15) is 6.04 Å². The summed E-state index contributed by atoms with van der Waals surface area (Å²) in [6, 6.07) is 7.38. The van der Waals surface area contributed by atoms with Gasteiger partial charge in [0.05, 0.1) is 6.04 Å². The summed E-state index contributed by atoms with van der Waals surface area (Å²) in [5.74, 6) is -1.41. The fourth-order valence-electron chi connectivity index (χ4n) is 2.75. The van der Waals surface area contributed by atoms with Crippen LogP contribution < -0.4 is 16.0 Å². The molecule has 27 heavy (non-hydrogen) atoms. The Kier molecular flexibility index (Phi) is 7.18. The first-order valence-corrected chi connectivity index (χ1v) is 9.10. The van der Waals surface area contributed by atoms with Gasteiger partial charge in [0.2, 0.25) is 5.91 Å². The fraction of sp³-hybridized carbons (Fsp3) is 0.526. The lowest BCUT2D eigenvalue weighted by atomic mass is 9.98. The van der Waals surface area contributed by atoms with Crippen LogP contribution in [0.2, 0.25) is 0 Å². The van der Waals surface area contributed by atoms with Crippen molar-refractivity contribution < 1.29 is 24.6 Å². The van der Waals surface area contributed by atoms with Crippen molar-refractivity contribution in [3.63, 3.8) is 0 Å². The monoisotopic (exact) mass is 377 g/mol. The van der Waals surface area contributed by atoms with Crippen molar-refractivity contribution in [3.8, 4) is 0 Å². The minimum Gasteiger partial charge on any atom is -0.465 e. The zero-order valence-corrected chi connectivity index (χ0v) is 15.5. The fourth-order valence-corrected chi connectivity index (χ4v) is 2.75. The quantitative estimate of drug-likeness (QED) is 0.432. The third kappa shape index (κ3) is 6.56. The van der Waals surface area contributed by atoms with Crippen molar-refractivity contribution in [3.05, 3.63) is 35.9 Å². The van der Waals surface area contributed by atoms with Crippen LogP contribution in [0, 0.1) is 5.92 Å². The summed E-state index contributed by atoms with van der Waals surface area (Å²) in [4.78, 5) is 35.8. The van der Waals surface area contributed by atoms with Gasteiger partial charge in [-0.1, -0.05) is 44.2 Å². The number of rotatable bonds is 9. The lowest BCUT2D eigenvalue weighted by molar-refractivity contribution is -0.133. The third-order valence-corrected chi connectivity index (χ3v) is 4.43. The Morgan fingerprint density at radius 2 is 1.70 bits per heavy atom. The van der Waals surface area contributed by atoms with Gasteiger partial charge in [-0.15, -0.1) is 0 Å². The molecule has 3 atom stereocenters. The molecule has 1 aromatic rings. The van der Waals surface area contributed by atoms with Gasteiger partial charge in [0.25, 0.3) is 5.91 Å². The zero-order chi connectivity index (χ0) is 20.0. The summed E-state index contributed by atoms with van der Waals surface area (Å²) in [7, 11) is 0. The highest BCUT2D eigenvalue weighted by atomic mass is 16.4. The number of carboxylic acid groups (broad SMARTS) is 1. The van der Waals surface area contributed by atoms with Gasteiger partial charge in [-0.25, -0.2) is 4.79 Å². The first-order valence-electron chi connectivity index (χ1n) is 9.10. The maximum absolute atomic E-state index is 12.6. The van der Waals surface area contributed by atoms with Crippen molar-refractivity contribution in [2.45, 2.75) is 57.3 Å². The summed E-state index contributed by atoms with van der Waals surface area (Å²) < 4.78 is 0. The second kappa shape index (κ2) is 9.36. The SMILES string of the molecule is CC(C)[C@H](NC(=O)O)C(=O)NC(Cc1ccccc1)C(O)C(=O)NC1CC1. The predicted octanol–water partition coefficient (Wildman–Crippen LogP) is 0.646. The second-order valence-electron chi connectivity index (χ2n) is 7.20. The molecule has 1 aliphatic carbocycles.